The summed E-state index contributed by atoms with van der Waals surface area (Å²) in [4.78, 5) is 10.2. The van der Waals surface area contributed by atoms with Crippen molar-refractivity contribution >= 4 is 12.0 Å². The van der Waals surface area contributed by atoms with E-state index < -0.39 is 5.97 Å². The molecule has 0 aromatic heterocycles. The molecule has 3 N–H and O–H groups in total. The molecule has 1 aromatic rings. The average Bonchev–Trinajstić information content (AvgIpc) is 2.13. The summed E-state index contributed by atoms with van der Waals surface area (Å²) in [7, 11) is 0. The number of rotatable bonds is 2. The van der Waals surface area contributed by atoms with Crippen molar-refractivity contribution in [3.05, 3.63) is 29.3 Å². The molecule has 4 nitrogen and oxygen atoms in total. The molecule has 14 heavy (non-hydrogen) atoms. The fourth-order valence-electron chi connectivity index (χ4n) is 1.04. The number of carboxylic acids is 1. The second-order valence-corrected chi connectivity index (χ2v) is 2.82. The molecule has 0 saturated heterocycles. The van der Waals surface area contributed by atoms with Crippen molar-refractivity contribution in [1.82, 2.24) is 0 Å². The number of benzene rings is 1. The van der Waals surface area contributed by atoms with Gasteiger partial charge in [-0.2, -0.15) is 0 Å². The zero-order valence-electron chi connectivity index (χ0n) is 7.56. The van der Waals surface area contributed by atoms with Gasteiger partial charge in [0.2, 0.25) is 0 Å². The van der Waals surface area contributed by atoms with E-state index in [4.69, 9.17) is 10.2 Å². The molecule has 0 aliphatic heterocycles. The minimum atomic E-state index is -1.06. The quantitative estimate of drug-likeness (QED) is 0.492. The van der Waals surface area contributed by atoms with E-state index in [9.17, 15) is 9.90 Å². The first-order valence-electron chi connectivity index (χ1n) is 3.95. The van der Waals surface area contributed by atoms with Gasteiger partial charge < -0.3 is 15.3 Å². The van der Waals surface area contributed by atoms with Gasteiger partial charge in [-0.15, -0.1) is 0 Å². The van der Waals surface area contributed by atoms with Crippen LogP contribution in [0.1, 0.15) is 11.1 Å². The Balaban J connectivity index is 3.12. The van der Waals surface area contributed by atoms with Crippen LogP contribution in [0.5, 0.6) is 11.5 Å². The van der Waals surface area contributed by atoms with Gasteiger partial charge >= 0.3 is 5.97 Å². The molecule has 0 aliphatic rings. The lowest BCUT2D eigenvalue weighted by molar-refractivity contribution is -0.131. The highest BCUT2D eigenvalue weighted by atomic mass is 16.4. The van der Waals surface area contributed by atoms with Gasteiger partial charge in [-0.3, -0.25) is 0 Å². The minimum Gasteiger partial charge on any atom is -0.504 e. The molecule has 0 fully saturated rings. The van der Waals surface area contributed by atoms with Gasteiger partial charge in [0, 0.05) is 11.6 Å². The van der Waals surface area contributed by atoms with Crippen molar-refractivity contribution in [3.8, 4) is 11.5 Å². The molecular weight excluding hydrogens is 184 g/mol. The summed E-state index contributed by atoms with van der Waals surface area (Å²) in [6, 6.07) is 2.84. The number of hydrogen-bond donors (Lipinski definition) is 3. The van der Waals surface area contributed by atoms with Crippen LogP contribution in [0.15, 0.2) is 18.2 Å². The Morgan fingerprint density at radius 3 is 2.57 bits per heavy atom. The van der Waals surface area contributed by atoms with E-state index >= 15 is 0 Å². The van der Waals surface area contributed by atoms with Gasteiger partial charge in [0.1, 0.15) is 0 Å². The van der Waals surface area contributed by atoms with Crippen molar-refractivity contribution in [2.45, 2.75) is 6.92 Å². The molecular formula is C10H10O4. The summed E-state index contributed by atoms with van der Waals surface area (Å²) in [6.45, 7) is 1.59. The molecule has 1 rings (SSSR count). The van der Waals surface area contributed by atoms with E-state index in [0.717, 1.165) is 6.08 Å². The Bertz CT molecular complexity index is 393. The minimum absolute atomic E-state index is 0.213. The lowest BCUT2D eigenvalue weighted by Crippen LogP contribution is -1.87. The van der Waals surface area contributed by atoms with E-state index in [0.29, 0.717) is 11.1 Å². The summed E-state index contributed by atoms with van der Waals surface area (Å²) < 4.78 is 0. The number of phenolic OH excluding ortho intramolecular Hbond substituents is 2. The van der Waals surface area contributed by atoms with Crippen molar-refractivity contribution in [2.75, 3.05) is 0 Å². The number of carbonyl (C=O) groups is 1. The van der Waals surface area contributed by atoms with Crippen LogP contribution in [-0.4, -0.2) is 21.3 Å². The van der Waals surface area contributed by atoms with Gasteiger partial charge in [0.25, 0.3) is 0 Å². The third-order valence-corrected chi connectivity index (χ3v) is 1.86. The highest BCUT2D eigenvalue weighted by Crippen LogP contribution is 2.30. The summed E-state index contributed by atoms with van der Waals surface area (Å²) >= 11 is 0. The Hall–Kier alpha value is -1.97. The first-order chi connectivity index (χ1) is 6.52. The van der Waals surface area contributed by atoms with Crippen molar-refractivity contribution in [3.63, 3.8) is 0 Å². The highest BCUT2D eigenvalue weighted by Gasteiger charge is 2.05. The lowest BCUT2D eigenvalue weighted by atomic mass is 10.1. The van der Waals surface area contributed by atoms with E-state index in [-0.39, 0.29) is 11.5 Å². The van der Waals surface area contributed by atoms with Crippen molar-refractivity contribution in [1.29, 1.82) is 0 Å². The van der Waals surface area contributed by atoms with E-state index in [1.54, 1.807) is 6.92 Å². The van der Waals surface area contributed by atoms with Crippen molar-refractivity contribution < 1.29 is 20.1 Å². The van der Waals surface area contributed by atoms with Crippen LogP contribution in [0.3, 0.4) is 0 Å². The van der Waals surface area contributed by atoms with Crippen LogP contribution in [0.25, 0.3) is 6.08 Å². The molecule has 0 spiro atoms. The summed E-state index contributed by atoms with van der Waals surface area (Å²) in [5.41, 5.74) is 1.00. The summed E-state index contributed by atoms with van der Waals surface area (Å²) in [5.74, 6) is -1.50. The number of hydrogen-bond acceptors (Lipinski definition) is 3. The van der Waals surface area contributed by atoms with Crippen molar-refractivity contribution in [2.24, 2.45) is 0 Å². The van der Waals surface area contributed by atoms with Crippen LogP contribution in [-0.2, 0) is 4.79 Å². The average molecular weight is 194 g/mol. The molecule has 4 heteroatoms. The zero-order valence-corrected chi connectivity index (χ0v) is 7.56. The fourth-order valence-corrected chi connectivity index (χ4v) is 1.04. The molecule has 0 heterocycles. The topological polar surface area (TPSA) is 77.8 Å². The Kier molecular flexibility index (Phi) is 2.76. The molecule has 0 aliphatic carbocycles. The predicted octanol–water partition coefficient (Wildman–Crippen LogP) is 1.50. The van der Waals surface area contributed by atoms with Gasteiger partial charge in [0.05, 0.1) is 0 Å². The molecule has 0 bridgehead atoms. The summed E-state index contributed by atoms with van der Waals surface area (Å²) in [6.07, 6.45) is 2.33. The number of carboxylic acid groups (broad SMARTS) is 1. The molecule has 0 atom stereocenters. The van der Waals surface area contributed by atoms with Gasteiger partial charge in [0.15, 0.2) is 11.5 Å². The number of phenols is 2. The van der Waals surface area contributed by atoms with Gasteiger partial charge in [-0.1, -0.05) is 6.07 Å². The second kappa shape index (κ2) is 3.83. The van der Waals surface area contributed by atoms with E-state index in [1.165, 1.54) is 18.2 Å². The lowest BCUT2D eigenvalue weighted by Gasteiger charge is -2.04. The van der Waals surface area contributed by atoms with Crippen LogP contribution < -0.4 is 0 Å². The molecule has 74 valence electrons. The second-order valence-electron chi connectivity index (χ2n) is 2.82. The molecule has 0 radical (unpaired) electrons. The standard InChI is InChI=1S/C10H10O4/c1-6-7(3-5-9(12)13)2-4-8(11)10(6)14/h2-5,11,14H,1H3,(H,12,13)/b5-3+. The maximum absolute atomic E-state index is 10.2. The van der Waals surface area contributed by atoms with Crippen LogP contribution >= 0.6 is 0 Å². The first-order valence-corrected chi connectivity index (χ1v) is 3.95. The van der Waals surface area contributed by atoms with Gasteiger partial charge in [-0.05, 0) is 24.6 Å². The molecule has 1 aromatic carbocycles. The van der Waals surface area contributed by atoms with E-state index in [1.807, 2.05) is 0 Å². The van der Waals surface area contributed by atoms with Gasteiger partial charge in [-0.25, -0.2) is 4.79 Å². The first kappa shape index (κ1) is 10.1. The predicted molar refractivity (Wildman–Crippen MR) is 51.2 cm³/mol. The Morgan fingerprint density at radius 2 is 2.00 bits per heavy atom. The number of aromatic hydroxyl groups is 2. The maximum atomic E-state index is 10.2. The highest BCUT2D eigenvalue weighted by molar-refractivity contribution is 5.85. The van der Waals surface area contributed by atoms with Crippen LogP contribution in [0, 0.1) is 6.92 Å². The largest absolute Gasteiger partial charge is 0.504 e. The number of aliphatic carboxylic acids is 1. The van der Waals surface area contributed by atoms with Crippen LogP contribution in [0.4, 0.5) is 0 Å². The summed E-state index contributed by atoms with van der Waals surface area (Å²) in [5, 5.41) is 26.8. The third kappa shape index (κ3) is 2.04. The fraction of sp³-hybridized carbons (Fsp3) is 0.100. The van der Waals surface area contributed by atoms with Crippen LogP contribution in [0.2, 0.25) is 0 Å². The monoisotopic (exact) mass is 194 g/mol. The third-order valence-electron chi connectivity index (χ3n) is 1.86. The van der Waals surface area contributed by atoms with E-state index in [2.05, 4.69) is 0 Å². The Morgan fingerprint density at radius 1 is 1.36 bits per heavy atom. The smallest absolute Gasteiger partial charge is 0.328 e. The zero-order chi connectivity index (χ0) is 10.7. The molecule has 0 saturated carbocycles. The SMILES string of the molecule is Cc1c(/C=C/C(=O)O)ccc(O)c1O. The Labute approximate surface area is 80.7 Å². The maximum Gasteiger partial charge on any atom is 0.328 e. The molecule has 0 unspecified atom stereocenters. The molecule has 0 amide bonds. The normalized spacial score (nSPS) is 10.6.